The van der Waals surface area contributed by atoms with Crippen LogP contribution < -0.4 is 26.5 Å². The summed E-state index contributed by atoms with van der Waals surface area (Å²) in [6.45, 7) is 0.699. The second-order valence-electron chi connectivity index (χ2n) is 5.99. The lowest BCUT2D eigenvalue weighted by Crippen LogP contribution is -2.41. The second-order valence-corrected chi connectivity index (χ2v) is 6.40. The van der Waals surface area contributed by atoms with Crippen LogP contribution in [0.3, 0.4) is 0 Å². The maximum Gasteiger partial charge on any atom is 0.332 e. The first kappa shape index (κ1) is 19.3. The van der Waals surface area contributed by atoms with Gasteiger partial charge in [-0.1, -0.05) is 11.6 Å². The van der Waals surface area contributed by atoms with Gasteiger partial charge in [0.2, 0.25) is 5.78 Å². The highest BCUT2D eigenvalue weighted by molar-refractivity contribution is 6.32. The topological polar surface area (TPSA) is 129 Å². The number of aromatic nitrogens is 2. The molecule has 1 aromatic carbocycles. The number of carbonyl (C=O) groups excluding carboxylic acids is 1. The molecule has 1 aliphatic heterocycles. The Morgan fingerprint density at radius 2 is 1.93 bits per heavy atom. The highest BCUT2D eigenvalue weighted by Gasteiger charge is 2.24. The summed E-state index contributed by atoms with van der Waals surface area (Å²) in [6, 6.07) is 4.83. The zero-order chi connectivity index (χ0) is 20.6. The van der Waals surface area contributed by atoms with Gasteiger partial charge in [-0.15, -0.1) is 0 Å². The predicted octanol–water partition coefficient (Wildman–Crippen LogP) is 0.881. The van der Waals surface area contributed by atoms with Crippen molar-refractivity contribution in [3.8, 4) is 17.6 Å². The van der Waals surface area contributed by atoms with E-state index >= 15 is 0 Å². The number of nitrogens with zero attached hydrogens (tertiary/aromatic N) is 3. The Balaban J connectivity index is 2.12. The minimum atomic E-state index is -0.901. The van der Waals surface area contributed by atoms with Crippen LogP contribution in [-0.4, -0.2) is 28.1 Å². The number of halogens is 1. The molecule has 2 N–H and O–H groups in total. The molecule has 0 unspecified atom stereocenters. The lowest BCUT2D eigenvalue weighted by Gasteiger charge is -2.19. The van der Waals surface area contributed by atoms with Crippen molar-refractivity contribution in [3.05, 3.63) is 54.7 Å². The van der Waals surface area contributed by atoms with Crippen LogP contribution in [0, 0.1) is 11.3 Å². The van der Waals surface area contributed by atoms with Crippen LogP contribution in [0.25, 0.3) is 6.08 Å². The predicted molar refractivity (Wildman–Crippen MR) is 102 cm³/mol. The summed E-state index contributed by atoms with van der Waals surface area (Å²) in [7, 11) is 2.54. The fraction of sp³-hybridized carbons (Fsp3) is 0.222. The number of Topliss-reactive ketones (excluding diaryl/α,β-unsaturated/α-hetero) is 1. The number of fused-ring (bicyclic) bond motifs is 1. The third-order valence-corrected chi connectivity index (χ3v) is 4.51. The number of hydrogen-bond donors (Lipinski definition) is 1. The van der Waals surface area contributed by atoms with Gasteiger partial charge in [0, 0.05) is 14.1 Å². The van der Waals surface area contributed by atoms with E-state index in [9.17, 15) is 19.6 Å². The molecule has 144 valence electrons. The van der Waals surface area contributed by atoms with Crippen molar-refractivity contribution < 1.29 is 14.3 Å². The first-order valence-electron chi connectivity index (χ1n) is 8.07. The largest absolute Gasteiger partial charge is 0.486 e. The number of rotatable bonds is 3. The van der Waals surface area contributed by atoms with Gasteiger partial charge in [0.1, 0.15) is 36.2 Å². The number of nitrogen functional groups attached to an aromatic ring is 1. The van der Waals surface area contributed by atoms with E-state index in [0.29, 0.717) is 30.3 Å². The molecule has 0 amide bonds. The van der Waals surface area contributed by atoms with Crippen molar-refractivity contribution in [2.45, 2.75) is 0 Å². The van der Waals surface area contributed by atoms with Gasteiger partial charge in [-0.3, -0.25) is 18.7 Å². The maximum atomic E-state index is 12.8. The van der Waals surface area contributed by atoms with E-state index in [-0.39, 0.29) is 16.4 Å². The zero-order valence-electron chi connectivity index (χ0n) is 15.0. The zero-order valence-corrected chi connectivity index (χ0v) is 15.7. The molecule has 2 aromatic rings. The van der Waals surface area contributed by atoms with Gasteiger partial charge in [-0.25, -0.2) is 4.79 Å². The molecule has 2 heterocycles. The lowest BCUT2D eigenvalue weighted by molar-refractivity contribution is 0.103. The number of nitriles is 1. The Hall–Kier alpha value is -3.51. The number of hydrogen-bond acceptors (Lipinski definition) is 7. The number of anilines is 1. The number of benzene rings is 1. The Bertz CT molecular complexity index is 1190. The number of ether oxygens (including phenoxy) is 2. The lowest BCUT2D eigenvalue weighted by atomic mass is 10.0. The number of carbonyl (C=O) groups is 1. The van der Waals surface area contributed by atoms with Crippen molar-refractivity contribution in [2.75, 3.05) is 18.9 Å². The number of nitrogens with two attached hydrogens (primary N) is 1. The van der Waals surface area contributed by atoms with Gasteiger partial charge in [-0.2, -0.15) is 5.26 Å². The molecule has 0 saturated heterocycles. The molecule has 0 fully saturated rings. The van der Waals surface area contributed by atoms with Gasteiger partial charge < -0.3 is 15.2 Å². The van der Waals surface area contributed by atoms with E-state index in [0.717, 1.165) is 9.13 Å². The molecule has 28 heavy (non-hydrogen) atoms. The van der Waals surface area contributed by atoms with Crippen LogP contribution in [0.5, 0.6) is 11.5 Å². The van der Waals surface area contributed by atoms with E-state index in [1.807, 2.05) is 0 Å². The molecule has 10 heteroatoms. The van der Waals surface area contributed by atoms with Gasteiger partial charge in [0.15, 0.2) is 11.5 Å². The van der Waals surface area contributed by atoms with E-state index in [1.54, 1.807) is 12.1 Å². The molecule has 0 atom stereocenters. The minimum absolute atomic E-state index is 0.255. The van der Waals surface area contributed by atoms with Crippen LogP contribution in [0.1, 0.15) is 15.9 Å². The monoisotopic (exact) mass is 402 g/mol. The van der Waals surface area contributed by atoms with Crippen LogP contribution in [-0.2, 0) is 14.1 Å². The first-order chi connectivity index (χ1) is 13.3. The number of allylic oxidation sites excluding steroid dienone is 1. The fourth-order valence-corrected chi connectivity index (χ4v) is 3.01. The maximum absolute atomic E-state index is 12.8. The average molecular weight is 403 g/mol. The van der Waals surface area contributed by atoms with Crippen molar-refractivity contribution in [1.29, 1.82) is 5.26 Å². The quantitative estimate of drug-likeness (QED) is 0.458. The SMILES string of the molecule is Cn1c(N)c(C(=O)/C(C#N)=C/c2cc(Cl)c3c(c2)OCCO3)c(=O)n(C)c1=O. The van der Waals surface area contributed by atoms with Gasteiger partial charge >= 0.3 is 5.69 Å². The fourth-order valence-electron chi connectivity index (χ4n) is 2.74. The Labute approximate surface area is 163 Å². The van der Waals surface area contributed by atoms with Crippen molar-refractivity contribution in [2.24, 2.45) is 14.1 Å². The molecular formula is C18H15ClN4O5. The van der Waals surface area contributed by atoms with Crippen molar-refractivity contribution >= 4 is 29.3 Å². The van der Waals surface area contributed by atoms with Crippen molar-refractivity contribution in [1.82, 2.24) is 9.13 Å². The van der Waals surface area contributed by atoms with Gasteiger partial charge in [-0.05, 0) is 23.8 Å². The molecule has 0 aliphatic carbocycles. The van der Waals surface area contributed by atoms with E-state index < -0.39 is 22.6 Å². The molecular weight excluding hydrogens is 388 g/mol. The Morgan fingerprint density at radius 1 is 1.25 bits per heavy atom. The molecule has 0 bridgehead atoms. The first-order valence-corrected chi connectivity index (χ1v) is 8.45. The van der Waals surface area contributed by atoms with Crippen LogP contribution in [0.2, 0.25) is 5.02 Å². The van der Waals surface area contributed by atoms with Gasteiger partial charge in [0.05, 0.1) is 5.02 Å². The Kier molecular flexibility index (Phi) is 4.98. The molecule has 0 saturated carbocycles. The summed E-state index contributed by atoms with van der Waals surface area (Å²) >= 11 is 6.17. The van der Waals surface area contributed by atoms with E-state index in [4.69, 9.17) is 26.8 Å². The van der Waals surface area contributed by atoms with Crippen LogP contribution in [0.4, 0.5) is 5.82 Å². The second kappa shape index (κ2) is 7.25. The average Bonchev–Trinajstić information content (AvgIpc) is 2.69. The van der Waals surface area contributed by atoms with Crippen LogP contribution >= 0.6 is 11.6 Å². The third-order valence-electron chi connectivity index (χ3n) is 4.23. The number of ketones is 1. The van der Waals surface area contributed by atoms with Crippen LogP contribution in [0.15, 0.2) is 27.3 Å². The summed E-state index contributed by atoms with van der Waals surface area (Å²) in [6.07, 6.45) is 1.26. The summed E-state index contributed by atoms with van der Waals surface area (Å²) in [5.74, 6) is -0.458. The van der Waals surface area contributed by atoms with Crippen molar-refractivity contribution in [3.63, 3.8) is 0 Å². The highest BCUT2D eigenvalue weighted by Crippen LogP contribution is 2.38. The summed E-state index contributed by atoms with van der Waals surface area (Å²) < 4.78 is 12.6. The highest BCUT2D eigenvalue weighted by atomic mass is 35.5. The molecule has 3 rings (SSSR count). The normalized spacial score (nSPS) is 13.1. The summed E-state index contributed by atoms with van der Waals surface area (Å²) in [4.78, 5) is 37.1. The summed E-state index contributed by atoms with van der Waals surface area (Å²) in [5, 5.41) is 9.71. The molecule has 1 aromatic heterocycles. The van der Waals surface area contributed by atoms with E-state index in [2.05, 4.69) is 0 Å². The Morgan fingerprint density at radius 3 is 2.61 bits per heavy atom. The third kappa shape index (κ3) is 3.14. The standard InChI is InChI=1S/C18H15ClN4O5/c1-22-16(21)13(17(25)23(2)18(22)26)14(24)10(8-20)5-9-6-11(19)15-12(7-9)27-3-4-28-15/h5-7H,3-4,21H2,1-2H3/b10-5+. The minimum Gasteiger partial charge on any atom is -0.486 e. The molecule has 0 spiro atoms. The molecule has 9 nitrogen and oxygen atoms in total. The summed E-state index contributed by atoms with van der Waals surface area (Å²) in [5.41, 5.74) is 3.82. The van der Waals surface area contributed by atoms with E-state index in [1.165, 1.54) is 26.2 Å². The van der Waals surface area contributed by atoms with Gasteiger partial charge in [0.25, 0.3) is 5.56 Å². The molecule has 0 radical (unpaired) electrons. The smallest absolute Gasteiger partial charge is 0.332 e. The molecule has 1 aliphatic rings.